The number of morpholine rings is 1. The fourth-order valence-corrected chi connectivity index (χ4v) is 2.16. The van der Waals surface area contributed by atoms with Gasteiger partial charge in [-0.15, -0.1) is 0 Å². The van der Waals surface area contributed by atoms with Crippen LogP contribution in [0.2, 0.25) is 0 Å². The molecule has 1 fully saturated rings. The van der Waals surface area contributed by atoms with Crippen LogP contribution in [-0.2, 0) is 4.74 Å². The first-order valence-electron chi connectivity index (χ1n) is 6.31. The van der Waals surface area contributed by atoms with Crippen molar-refractivity contribution in [3.63, 3.8) is 0 Å². The van der Waals surface area contributed by atoms with Gasteiger partial charge in [-0.05, 0) is 6.92 Å². The number of hydrogen-bond donors (Lipinski definition) is 0. The SMILES string of the molecule is Cc1noc2nc(N(C)C)nc(N3CCOCC3)c12. The lowest BCUT2D eigenvalue weighted by Crippen LogP contribution is -2.37. The molecule has 0 atom stereocenters. The van der Waals surface area contributed by atoms with Crippen LogP contribution in [0.5, 0.6) is 0 Å². The number of hydrogen-bond acceptors (Lipinski definition) is 7. The van der Waals surface area contributed by atoms with Gasteiger partial charge in [0, 0.05) is 27.2 Å². The third-order valence-electron chi connectivity index (χ3n) is 3.19. The van der Waals surface area contributed by atoms with Gasteiger partial charge in [0.1, 0.15) is 11.2 Å². The molecule has 3 heterocycles. The molecule has 0 amide bonds. The quantitative estimate of drug-likeness (QED) is 0.794. The van der Waals surface area contributed by atoms with Crippen molar-refractivity contribution >= 4 is 22.9 Å². The van der Waals surface area contributed by atoms with E-state index >= 15 is 0 Å². The summed E-state index contributed by atoms with van der Waals surface area (Å²) in [6.07, 6.45) is 0. The summed E-state index contributed by atoms with van der Waals surface area (Å²) in [6, 6.07) is 0. The lowest BCUT2D eigenvalue weighted by atomic mass is 10.2. The van der Waals surface area contributed by atoms with Crippen molar-refractivity contribution < 1.29 is 9.26 Å². The maximum absolute atomic E-state index is 5.39. The summed E-state index contributed by atoms with van der Waals surface area (Å²) in [5.41, 5.74) is 1.36. The minimum atomic E-state index is 0.540. The van der Waals surface area contributed by atoms with Crippen molar-refractivity contribution in [1.82, 2.24) is 15.1 Å². The molecular weight excluding hydrogens is 246 g/mol. The third-order valence-corrected chi connectivity index (χ3v) is 3.19. The number of fused-ring (bicyclic) bond motifs is 1. The second-order valence-electron chi connectivity index (χ2n) is 4.79. The van der Waals surface area contributed by atoms with Gasteiger partial charge in [-0.1, -0.05) is 5.16 Å². The number of aryl methyl sites for hydroxylation is 1. The molecule has 1 aliphatic heterocycles. The lowest BCUT2D eigenvalue weighted by Gasteiger charge is -2.28. The number of rotatable bonds is 2. The van der Waals surface area contributed by atoms with E-state index in [1.54, 1.807) is 0 Å². The molecule has 19 heavy (non-hydrogen) atoms. The third kappa shape index (κ3) is 2.10. The summed E-state index contributed by atoms with van der Waals surface area (Å²) in [6.45, 7) is 4.99. The minimum absolute atomic E-state index is 0.540. The van der Waals surface area contributed by atoms with Gasteiger partial charge in [0.15, 0.2) is 0 Å². The van der Waals surface area contributed by atoms with Gasteiger partial charge in [0.2, 0.25) is 5.95 Å². The Hall–Kier alpha value is -1.89. The molecular formula is C12H17N5O2. The van der Waals surface area contributed by atoms with Crippen LogP contribution in [-0.4, -0.2) is 55.5 Å². The average molecular weight is 263 g/mol. The van der Waals surface area contributed by atoms with Crippen molar-refractivity contribution in [1.29, 1.82) is 0 Å². The molecule has 0 spiro atoms. The van der Waals surface area contributed by atoms with Gasteiger partial charge < -0.3 is 19.1 Å². The van der Waals surface area contributed by atoms with Crippen LogP contribution in [0.1, 0.15) is 5.69 Å². The Morgan fingerprint density at radius 1 is 1.16 bits per heavy atom. The zero-order valence-corrected chi connectivity index (χ0v) is 11.4. The van der Waals surface area contributed by atoms with Crippen LogP contribution in [0, 0.1) is 6.92 Å². The van der Waals surface area contributed by atoms with Gasteiger partial charge in [0.05, 0.1) is 18.9 Å². The van der Waals surface area contributed by atoms with E-state index in [2.05, 4.69) is 20.0 Å². The Kier molecular flexibility index (Phi) is 2.98. The smallest absolute Gasteiger partial charge is 0.265 e. The Labute approximate surface area is 111 Å². The highest BCUT2D eigenvalue weighted by atomic mass is 16.5. The molecule has 0 aromatic carbocycles. The molecule has 3 rings (SSSR count). The maximum atomic E-state index is 5.39. The Morgan fingerprint density at radius 3 is 2.58 bits per heavy atom. The minimum Gasteiger partial charge on any atom is -0.378 e. The molecule has 0 bridgehead atoms. The summed E-state index contributed by atoms with van der Waals surface area (Å²) in [5, 5.41) is 4.89. The zero-order chi connectivity index (χ0) is 13.4. The predicted molar refractivity (Wildman–Crippen MR) is 71.7 cm³/mol. The average Bonchev–Trinajstić information content (AvgIpc) is 2.80. The number of anilines is 2. The second kappa shape index (κ2) is 4.65. The van der Waals surface area contributed by atoms with Gasteiger partial charge in [0.25, 0.3) is 5.71 Å². The summed E-state index contributed by atoms with van der Waals surface area (Å²) in [4.78, 5) is 13.1. The molecule has 102 valence electrons. The molecule has 2 aromatic rings. The predicted octanol–water partition coefficient (Wildman–Crippen LogP) is 0.829. The Bertz CT molecular complexity index is 589. The Balaban J connectivity index is 2.15. The van der Waals surface area contributed by atoms with Gasteiger partial charge in [-0.25, -0.2) is 0 Å². The largest absolute Gasteiger partial charge is 0.378 e. The highest BCUT2D eigenvalue weighted by Crippen LogP contribution is 2.29. The maximum Gasteiger partial charge on any atom is 0.265 e. The van der Waals surface area contributed by atoms with E-state index in [1.807, 2.05) is 25.9 Å². The van der Waals surface area contributed by atoms with E-state index in [0.717, 1.165) is 30.0 Å². The molecule has 0 aliphatic carbocycles. The molecule has 0 N–H and O–H groups in total. The number of nitrogens with zero attached hydrogens (tertiary/aromatic N) is 5. The molecule has 0 unspecified atom stereocenters. The molecule has 7 nitrogen and oxygen atoms in total. The fraction of sp³-hybridized carbons (Fsp3) is 0.583. The monoisotopic (exact) mass is 263 g/mol. The van der Waals surface area contributed by atoms with Crippen LogP contribution in [0.4, 0.5) is 11.8 Å². The van der Waals surface area contributed by atoms with E-state index in [4.69, 9.17) is 9.26 Å². The molecule has 0 radical (unpaired) electrons. The fourth-order valence-electron chi connectivity index (χ4n) is 2.16. The summed E-state index contributed by atoms with van der Waals surface area (Å²) in [7, 11) is 3.82. The summed E-state index contributed by atoms with van der Waals surface area (Å²) in [5.74, 6) is 1.51. The van der Waals surface area contributed by atoms with Crippen molar-refractivity contribution in [2.75, 3.05) is 50.2 Å². The van der Waals surface area contributed by atoms with Crippen LogP contribution in [0.25, 0.3) is 11.1 Å². The van der Waals surface area contributed by atoms with E-state index in [-0.39, 0.29) is 0 Å². The van der Waals surface area contributed by atoms with E-state index in [1.165, 1.54) is 0 Å². The van der Waals surface area contributed by atoms with Crippen LogP contribution < -0.4 is 9.80 Å². The van der Waals surface area contributed by atoms with Gasteiger partial charge >= 0.3 is 0 Å². The lowest BCUT2D eigenvalue weighted by molar-refractivity contribution is 0.122. The van der Waals surface area contributed by atoms with E-state index in [0.29, 0.717) is 24.9 Å². The normalized spacial score (nSPS) is 16.1. The van der Waals surface area contributed by atoms with Gasteiger partial charge in [-0.2, -0.15) is 9.97 Å². The van der Waals surface area contributed by atoms with Crippen molar-refractivity contribution in [3.8, 4) is 0 Å². The molecule has 1 aliphatic rings. The Morgan fingerprint density at radius 2 is 1.89 bits per heavy atom. The molecule has 7 heteroatoms. The summed E-state index contributed by atoms with van der Waals surface area (Å²) < 4.78 is 10.7. The highest BCUT2D eigenvalue weighted by molar-refractivity contribution is 5.89. The topological polar surface area (TPSA) is 67.5 Å². The van der Waals surface area contributed by atoms with E-state index < -0.39 is 0 Å². The summed E-state index contributed by atoms with van der Waals surface area (Å²) >= 11 is 0. The number of ether oxygens (including phenoxy) is 1. The zero-order valence-electron chi connectivity index (χ0n) is 11.4. The van der Waals surface area contributed by atoms with E-state index in [9.17, 15) is 0 Å². The van der Waals surface area contributed by atoms with Crippen LogP contribution in [0.15, 0.2) is 4.52 Å². The second-order valence-corrected chi connectivity index (χ2v) is 4.79. The van der Waals surface area contributed by atoms with Crippen molar-refractivity contribution in [2.45, 2.75) is 6.92 Å². The molecule has 2 aromatic heterocycles. The van der Waals surface area contributed by atoms with Crippen LogP contribution >= 0.6 is 0 Å². The van der Waals surface area contributed by atoms with Gasteiger partial charge in [-0.3, -0.25) is 0 Å². The van der Waals surface area contributed by atoms with Crippen LogP contribution in [0.3, 0.4) is 0 Å². The highest BCUT2D eigenvalue weighted by Gasteiger charge is 2.21. The standard InChI is InChI=1S/C12H17N5O2/c1-8-9-10(17-4-6-18-7-5-17)13-12(16(2)3)14-11(9)19-15-8/h4-7H2,1-3H3. The van der Waals surface area contributed by atoms with Crippen molar-refractivity contribution in [3.05, 3.63) is 5.69 Å². The first kappa shape index (κ1) is 12.2. The van der Waals surface area contributed by atoms with Crippen molar-refractivity contribution in [2.24, 2.45) is 0 Å². The first-order chi connectivity index (χ1) is 9.16. The first-order valence-corrected chi connectivity index (χ1v) is 6.31. The molecule has 1 saturated heterocycles. The molecule has 0 saturated carbocycles. The number of aromatic nitrogens is 3.